The Morgan fingerprint density at radius 3 is 2.62 bits per heavy atom. The first kappa shape index (κ1) is 10.7. The van der Waals surface area contributed by atoms with Crippen molar-refractivity contribution in [1.29, 1.82) is 0 Å². The quantitative estimate of drug-likeness (QED) is 0.652. The molecule has 2 nitrogen and oxygen atoms in total. The molecular formula is C11H21NO. The van der Waals surface area contributed by atoms with Gasteiger partial charge in [-0.25, -0.2) is 0 Å². The van der Waals surface area contributed by atoms with Gasteiger partial charge in [0.2, 0.25) is 0 Å². The van der Waals surface area contributed by atoms with Crippen molar-refractivity contribution in [1.82, 2.24) is 5.32 Å². The molecule has 0 aromatic carbocycles. The highest BCUT2D eigenvalue weighted by atomic mass is 16.3. The van der Waals surface area contributed by atoms with E-state index in [1.54, 1.807) is 0 Å². The fourth-order valence-corrected chi connectivity index (χ4v) is 2.12. The average molecular weight is 183 g/mol. The van der Waals surface area contributed by atoms with Gasteiger partial charge >= 0.3 is 0 Å². The Kier molecular flexibility index (Phi) is 3.94. The molecule has 2 heteroatoms. The van der Waals surface area contributed by atoms with E-state index in [1.165, 1.54) is 0 Å². The normalized spacial score (nSPS) is 34.5. The summed E-state index contributed by atoms with van der Waals surface area (Å²) in [5, 5.41) is 13.5. The minimum absolute atomic E-state index is 0.451. The molecule has 0 aliphatic heterocycles. The van der Waals surface area contributed by atoms with E-state index < -0.39 is 5.60 Å². The first-order valence-corrected chi connectivity index (χ1v) is 5.27. The predicted molar refractivity (Wildman–Crippen MR) is 55.7 cm³/mol. The first-order chi connectivity index (χ1) is 6.20. The van der Waals surface area contributed by atoms with Gasteiger partial charge in [-0.1, -0.05) is 13.0 Å². The minimum atomic E-state index is -0.451. The third-order valence-corrected chi connectivity index (χ3v) is 2.93. The lowest BCUT2D eigenvalue weighted by molar-refractivity contribution is -0.000506. The zero-order valence-corrected chi connectivity index (χ0v) is 8.55. The number of rotatable bonds is 4. The number of aliphatic hydroxyl groups is 1. The Morgan fingerprint density at radius 1 is 1.54 bits per heavy atom. The van der Waals surface area contributed by atoms with E-state index in [0.29, 0.717) is 6.04 Å². The molecule has 0 bridgehead atoms. The molecule has 0 aromatic rings. The van der Waals surface area contributed by atoms with Gasteiger partial charge in [0.15, 0.2) is 0 Å². The molecule has 0 spiro atoms. The van der Waals surface area contributed by atoms with Crippen LogP contribution in [0, 0.1) is 0 Å². The third kappa shape index (κ3) is 3.12. The monoisotopic (exact) mass is 183 g/mol. The summed E-state index contributed by atoms with van der Waals surface area (Å²) < 4.78 is 0. The van der Waals surface area contributed by atoms with Crippen LogP contribution in [-0.2, 0) is 0 Å². The van der Waals surface area contributed by atoms with Crippen molar-refractivity contribution in [3.05, 3.63) is 12.7 Å². The maximum Gasteiger partial charge on any atom is 0.0683 e. The van der Waals surface area contributed by atoms with Gasteiger partial charge in [0, 0.05) is 6.04 Å². The van der Waals surface area contributed by atoms with E-state index in [2.05, 4.69) is 18.8 Å². The SMILES string of the molecule is C=CCC1(O)CCC(NCC)CC1. The van der Waals surface area contributed by atoms with Crippen LogP contribution in [0.25, 0.3) is 0 Å². The van der Waals surface area contributed by atoms with Gasteiger partial charge in [-0.3, -0.25) is 0 Å². The van der Waals surface area contributed by atoms with Gasteiger partial charge in [0.1, 0.15) is 0 Å². The summed E-state index contributed by atoms with van der Waals surface area (Å²) in [6.45, 7) is 6.84. The van der Waals surface area contributed by atoms with Crippen LogP contribution >= 0.6 is 0 Å². The van der Waals surface area contributed by atoms with Gasteiger partial charge in [-0.2, -0.15) is 0 Å². The number of hydrogen-bond donors (Lipinski definition) is 2. The topological polar surface area (TPSA) is 32.3 Å². The zero-order chi connectivity index (χ0) is 9.73. The van der Waals surface area contributed by atoms with Crippen molar-refractivity contribution in [2.75, 3.05) is 6.54 Å². The Morgan fingerprint density at radius 2 is 2.15 bits per heavy atom. The molecule has 1 aliphatic carbocycles. The molecule has 76 valence electrons. The number of hydrogen-bond acceptors (Lipinski definition) is 2. The second kappa shape index (κ2) is 4.77. The molecule has 0 amide bonds. The summed E-state index contributed by atoms with van der Waals surface area (Å²) in [6, 6.07) is 0.620. The second-order valence-electron chi connectivity index (χ2n) is 4.05. The smallest absolute Gasteiger partial charge is 0.0683 e. The molecular weight excluding hydrogens is 162 g/mol. The van der Waals surface area contributed by atoms with Gasteiger partial charge in [0.25, 0.3) is 0 Å². The first-order valence-electron chi connectivity index (χ1n) is 5.27. The Balaban J connectivity index is 2.32. The molecule has 0 aromatic heterocycles. The van der Waals surface area contributed by atoms with Gasteiger partial charge in [-0.15, -0.1) is 6.58 Å². The number of nitrogens with one attached hydrogen (secondary N) is 1. The van der Waals surface area contributed by atoms with E-state index in [1.807, 2.05) is 6.08 Å². The molecule has 2 N–H and O–H groups in total. The highest BCUT2D eigenvalue weighted by Crippen LogP contribution is 2.31. The van der Waals surface area contributed by atoms with Crippen LogP contribution in [-0.4, -0.2) is 23.3 Å². The summed E-state index contributed by atoms with van der Waals surface area (Å²) >= 11 is 0. The molecule has 0 saturated heterocycles. The largest absolute Gasteiger partial charge is 0.390 e. The van der Waals surface area contributed by atoms with E-state index in [9.17, 15) is 5.11 Å². The minimum Gasteiger partial charge on any atom is -0.390 e. The van der Waals surface area contributed by atoms with Crippen LogP contribution in [0.5, 0.6) is 0 Å². The van der Waals surface area contributed by atoms with Crippen LogP contribution in [0.4, 0.5) is 0 Å². The lowest BCUT2D eigenvalue weighted by Crippen LogP contribution is -2.40. The van der Waals surface area contributed by atoms with Gasteiger partial charge < -0.3 is 10.4 Å². The molecule has 0 atom stereocenters. The van der Waals surface area contributed by atoms with E-state index in [0.717, 1.165) is 38.6 Å². The van der Waals surface area contributed by atoms with E-state index >= 15 is 0 Å². The highest BCUT2D eigenvalue weighted by Gasteiger charge is 2.31. The van der Waals surface area contributed by atoms with E-state index in [-0.39, 0.29) is 0 Å². The molecule has 0 radical (unpaired) electrons. The maximum absolute atomic E-state index is 10.1. The van der Waals surface area contributed by atoms with E-state index in [4.69, 9.17) is 0 Å². The molecule has 13 heavy (non-hydrogen) atoms. The van der Waals surface area contributed by atoms with Crippen LogP contribution < -0.4 is 5.32 Å². The summed E-state index contributed by atoms with van der Waals surface area (Å²) in [7, 11) is 0. The standard InChI is InChI=1S/C11H21NO/c1-3-7-11(13)8-5-10(6-9-11)12-4-2/h3,10,12-13H,1,4-9H2,2H3. The van der Waals surface area contributed by atoms with Crippen LogP contribution in [0.15, 0.2) is 12.7 Å². The zero-order valence-electron chi connectivity index (χ0n) is 8.55. The molecule has 0 unspecified atom stereocenters. The van der Waals surface area contributed by atoms with Crippen molar-refractivity contribution in [2.45, 2.75) is 50.7 Å². The Labute approximate surface area is 81.0 Å². The molecule has 1 saturated carbocycles. The van der Waals surface area contributed by atoms with Crippen LogP contribution in [0.3, 0.4) is 0 Å². The Hall–Kier alpha value is -0.340. The van der Waals surface area contributed by atoms with Crippen molar-refractivity contribution in [3.63, 3.8) is 0 Å². The van der Waals surface area contributed by atoms with Crippen molar-refractivity contribution < 1.29 is 5.11 Å². The van der Waals surface area contributed by atoms with Crippen molar-refractivity contribution in [2.24, 2.45) is 0 Å². The summed E-state index contributed by atoms with van der Waals surface area (Å²) in [6.07, 6.45) is 6.59. The lowest BCUT2D eigenvalue weighted by atomic mass is 9.80. The average Bonchev–Trinajstić information content (AvgIpc) is 2.10. The van der Waals surface area contributed by atoms with Gasteiger partial charge in [-0.05, 0) is 38.6 Å². The van der Waals surface area contributed by atoms with Crippen molar-refractivity contribution >= 4 is 0 Å². The maximum atomic E-state index is 10.1. The molecule has 0 heterocycles. The molecule has 1 rings (SSSR count). The predicted octanol–water partition coefficient (Wildman–Crippen LogP) is 1.85. The third-order valence-electron chi connectivity index (χ3n) is 2.93. The fraction of sp³-hybridized carbons (Fsp3) is 0.818. The summed E-state index contributed by atoms with van der Waals surface area (Å²) in [4.78, 5) is 0. The van der Waals surface area contributed by atoms with Crippen molar-refractivity contribution in [3.8, 4) is 0 Å². The highest BCUT2D eigenvalue weighted by molar-refractivity contribution is 4.92. The summed E-state index contributed by atoms with van der Waals surface area (Å²) in [5.74, 6) is 0. The fourth-order valence-electron chi connectivity index (χ4n) is 2.12. The second-order valence-corrected chi connectivity index (χ2v) is 4.05. The lowest BCUT2D eigenvalue weighted by Gasteiger charge is -2.35. The Bertz CT molecular complexity index is 159. The van der Waals surface area contributed by atoms with Crippen LogP contribution in [0.1, 0.15) is 39.0 Å². The summed E-state index contributed by atoms with van der Waals surface area (Å²) in [5.41, 5.74) is -0.451. The molecule has 1 aliphatic rings. The van der Waals surface area contributed by atoms with Gasteiger partial charge in [0.05, 0.1) is 5.60 Å². The molecule has 1 fully saturated rings. The van der Waals surface area contributed by atoms with Crippen LogP contribution in [0.2, 0.25) is 0 Å².